The van der Waals surface area contributed by atoms with Crippen molar-refractivity contribution in [2.24, 2.45) is 23.1 Å². The highest BCUT2D eigenvalue weighted by Gasteiger charge is 2.52. The number of carbonyl (C=O) groups is 1. The van der Waals surface area contributed by atoms with Crippen molar-refractivity contribution < 1.29 is 23.0 Å². The lowest BCUT2D eigenvalue weighted by Crippen LogP contribution is -2.40. The third-order valence-corrected chi connectivity index (χ3v) is 8.29. The van der Waals surface area contributed by atoms with E-state index in [-0.39, 0.29) is 11.4 Å². The van der Waals surface area contributed by atoms with Crippen LogP contribution < -0.4 is 10.1 Å². The van der Waals surface area contributed by atoms with E-state index >= 15 is 0 Å². The average molecular weight is 448 g/mol. The molecule has 3 unspecified atom stereocenters. The molecule has 0 saturated heterocycles. The number of esters is 1. The zero-order chi connectivity index (χ0) is 22.0. The maximum Gasteiger partial charge on any atom is 0.330 e. The highest BCUT2D eigenvalue weighted by molar-refractivity contribution is 7.90. The Bertz CT molecular complexity index is 857. The molecule has 4 atom stereocenters. The Morgan fingerprint density at radius 2 is 2.10 bits per heavy atom. The van der Waals surface area contributed by atoms with Crippen molar-refractivity contribution in [3.05, 3.63) is 40.5 Å². The summed E-state index contributed by atoms with van der Waals surface area (Å²) in [6.07, 6.45) is 9.40. The molecule has 0 bridgehead atoms. The second-order valence-corrected chi connectivity index (χ2v) is 9.60. The molecular weight excluding hydrogens is 414 g/mol. The normalized spacial score (nSPS) is 30.5. The van der Waals surface area contributed by atoms with Crippen LogP contribution in [0.2, 0.25) is 0 Å². The average Bonchev–Trinajstić information content (AvgIpc) is 3.09. The molecular formula is C24H33NO5S. The standard InChI is InChI=1S/C24H33NO5S/c1-4-15-12-20-16(13-22(15)28-31-30-29-25)6-8-19-18(20)10-11-24(3)17(7-9-21(19)24)14-23(26)27-5-2/h12-14,18-19,21H,4-11,25H2,1-3H3/t18?,19?,21?,24-/m1/s1. The number of nitrogens with two attached hydrogens (primary N) is 1. The lowest BCUT2D eigenvalue weighted by atomic mass is 9.55. The fraction of sp³-hybridized carbons (Fsp3) is 0.625. The van der Waals surface area contributed by atoms with Gasteiger partial charge < -0.3 is 8.92 Å². The van der Waals surface area contributed by atoms with Crippen LogP contribution in [-0.2, 0) is 31.7 Å². The van der Waals surface area contributed by atoms with E-state index in [1.165, 1.54) is 35.1 Å². The van der Waals surface area contributed by atoms with E-state index in [1.807, 2.05) is 6.92 Å². The van der Waals surface area contributed by atoms with E-state index in [0.717, 1.165) is 50.2 Å². The van der Waals surface area contributed by atoms with E-state index in [1.54, 1.807) is 6.08 Å². The summed E-state index contributed by atoms with van der Waals surface area (Å²) in [5.41, 5.74) is 5.48. The minimum absolute atomic E-state index is 0.123. The van der Waals surface area contributed by atoms with Gasteiger partial charge in [0, 0.05) is 6.08 Å². The summed E-state index contributed by atoms with van der Waals surface area (Å²) in [7, 11) is 0. The highest BCUT2D eigenvalue weighted by atomic mass is 32.2. The van der Waals surface area contributed by atoms with Gasteiger partial charge in [-0.15, -0.1) is 9.32 Å². The first kappa shape index (κ1) is 22.6. The van der Waals surface area contributed by atoms with Gasteiger partial charge in [-0.3, -0.25) is 0 Å². The molecule has 1 aromatic rings. The van der Waals surface area contributed by atoms with Gasteiger partial charge in [0.05, 0.1) is 6.61 Å². The summed E-state index contributed by atoms with van der Waals surface area (Å²) in [5, 5.41) is 0. The Hall–Kier alpha value is -1.54. The smallest absolute Gasteiger partial charge is 0.330 e. The van der Waals surface area contributed by atoms with Crippen molar-refractivity contribution in [1.29, 1.82) is 0 Å². The largest absolute Gasteiger partial charge is 0.463 e. The summed E-state index contributed by atoms with van der Waals surface area (Å²) in [6.45, 7) is 6.81. The fourth-order valence-electron chi connectivity index (χ4n) is 6.48. The first-order chi connectivity index (χ1) is 15.0. The molecule has 0 aliphatic heterocycles. The molecule has 0 amide bonds. The van der Waals surface area contributed by atoms with Crippen LogP contribution in [-0.4, -0.2) is 12.6 Å². The summed E-state index contributed by atoms with van der Waals surface area (Å²) in [6, 6.07) is 4.52. The van der Waals surface area contributed by atoms with E-state index in [9.17, 15) is 4.79 Å². The molecule has 0 aromatic heterocycles. The maximum atomic E-state index is 12.1. The molecule has 31 heavy (non-hydrogen) atoms. The lowest BCUT2D eigenvalue weighted by molar-refractivity contribution is -0.199. The second kappa shape index (κ2) is 9.53. The Balaban J connectivity index is 1.58. The van der Waals surface area contributed by atoms with Crippen LogP contribution in [0.15, 0.2) is 23.8 Å². The Kier molecular flexibility index (Phi) is 6.96. The molecule has 2 saturated carbocycles. The summed E-state index contributed by atoms with van der Waals surface area (Å²) in [4.78, 5) is 16.2. The summed E-state index contributed by atoms with van der Waals surface area (Å²) < 4.78 is 15.5. The van der Waals surface area contributed by atoms with Gasteiger partial charge in [0.15, 0.2) is 0 Å². The number of aryl methyl sites for hydroxylation is 2. The number of ether oxygens (including phenoxy) is 1. The number of benzene rings is 1. The van der Waals surface area contributed by atoms with E-state index in [4.69, 9.17) is 14.8 Å². The first-order valence-corrected chi connectivity index (χ1v) is 12.1. The van der Waals surface area contributed by atoms with Gasteiger partial charge in [-0.05, 0) is 97.8 Å². The minimum atomic E-state index is -0.183. The molecule has 6 nitrogen and oxygen atoms in total. The Morgan fingerprint density at radius 1 is 1.26 bits per heavy atom. The van der Waals surface area contributed by atoms with Gasteiger partial charge in [0.2, 0.25) is 0 Å². The SMILES string of the molecule is CCOC(=O)C=C1CCC2C3CCc4cc(OSOON)c(CC)cc4C3CC[C@]12C. The maximum absolute atomic E-state index is 12.1. The van der Waals surface area contributed by atoms with Crippen LogP contribution in [0.1, 0.15) is 75.5 Å². The number of hydrogen-bond acceptors (Lipinski definition) is 7. The van der Waals surface area contributed by atoms with Crippen molar-refractivity contribution in [3.63, 3.8) is 0 Å². The van der Waals surface area contributed by atoms with Crippen LogP contribution in [0.25, 0.3) is 0 Å². The Labute approximate surface area is 189 Å². The van der Waals surface area contributed by atoms with Crippen LogP contribution in [0.5, 0.6) is 5.75 Å². The number of rotatable bonds is 7. The lowest BCUT2D eigenvalue weighted by Gasteiger charge is -2.49. The van der Waals surface area contributed by atoms with E-state index < -0.39 is 0 Å². The molecule has 2 fully saturated rings. The van der Waals surface area contributed by atoms with Crippen molar-refractivity contribution in [3.8, 4) is 5.75 Å². The molecule has 0 radical (unpaired) electrons. The molecule has 3 aliphatic rings. The minimum Gasteiger partial charge on any atom is -0.463 e. The third kappa shape index (κ3) is 4.25. The Morgan fingerprint density at radius 3 is 2.84 bits per heavy atom. The van der Waals surface area contributed by atoms with Gasteiger partial charge in [-0.2, -0.15) is 5.90 Å². The summed E-state index contributed by atoms with van der Waals surface area (Å²) in [5.74, 6) is 7.42. The highest BCUT2D eigenvalue weighted by Crippen LogP contribution is 2.63. The predicted octanol–water partition coefficient (Wildman–Crippen LogP) is 5.36. The molecule has 2 N–H and O–H groups in total. The van der Waals surface area contributed by atoms with Crippen molar-refractivity contribution in [2.75, 3.05) is 6.61 Å². The number of fused-ring (bicyclic) bond motifs is 5. The monoisotopic (exact) mass is 447 g/mol. The molecule has 170 valence electrons. The summed E-state index contributed by atoms with van der Waals surface area (Å²) >= 11 is 0.739. The molecule has 3 aliphatic carbocycles. The van der Waals surface area contributed by atoms with Crippen LogP contribution in [0, 0.1) is 17.3 Å². The van der Waals surface area contributed by atoms with Gasteiger partial charge in [-0.1, -0.05) is 25.5 Å². The van der Waals surface area contributed by atoms with Crippen LogP contribution >= 0.6 is 12.3 Å². The van der Waals surface area contributed by atoms with Crippen LogP contribution in [0.3, 0.4) is 0 Å². The van der Waals surface area contributed by atoms with Gasteiger partial charge in [-0.25, -0.2) is 4.79 Å². The number of carbonyl (C=O) groups excluding carboxylic acids is 1. The van der Waals surface area contributed by atoms with E-state index in [2.05, 4.69) is 35.3 Å². The van der Waals surface area contributed by atoms with Crippen molar-refractivity contribution in [2.45, 2.75) is 71.6 Å². The van der Waals surface area contributed by atoms with E-state index in [0.29, 0.717) is 24.4 Å². The van der Waals surface area contributed by atoms with Crippen LogP contribution in [0.4, 0.5) is 0 Å². The molecule has 0 heterocycles. The van der Waals surface area contributed by atoms with Crippen molar-refractivity contribution in [1.82, 2.24) is 0 Å². The molecule has 7 heteroatoms. The van der Waals surface area contributed by atoms with Gasteiger partial charge >= 0.3 is 5.97 Å². The number of allylic oxidation sites excluding steroid dienone is 1. The topological polar surface area (TPSA) is 80.0 Å². The zero-order valence-corrected chi connectivity index (χ0v) is 19.5. The first-order valence-electron chi connectivity index (χ1n) is 11.4. The number of hydrogen-bond donors (Lipinski definition) is 1. The van der Waals surface area contributed by atoms with Crippen molar-refractivity contribution >= 4 is 18.3 Å². The van der Waals surface area contributed by atoms with Gasteiger partial charge in [0.25, 0.3) is 12.3 Å². The quantitative estimate of drug-likeness (QED) is 0.150. The predicted molar refractivity (Wildman–Crippen MR) is 120 cm³/mol. The zero-order valence-electron chi connectivity index (χ0n) is 18.6. The molecule has 1 aromatic carbocycles. The molecule has 4 rings (SSSR count). The second-order valence-electron chi connectivity index (χ2n) is 9.16. The fourth-order valence-corrected chi connectivity index (χ4v) is 6.77. The molecule has 0 spiro atoms. The third-order valence-electron chi connectivity index (χ3n) is 7.90. The van der Waals surface area contributed by atoms with Gasteiger partial charge in [0.1, 0.15) is 5.75 Å².